The van der Waals surface area contributed by atoms with Gasteiger partial charge in [-0.2, -0.15) is 5.10 Å². The summed E-state index contributed by atoms with van der Waals surface area (Å²) in [5, 5.41) is 9.79. The van der Waals surface area contributed by atoms with Crippen LogP contribution in [-0.4, -0.2) is 50.9 Å². The Morgan fingerprint density at radius 1 is 0.969 bits per heavy atom. The summed E-state index contributed by atoms with van der Waals surface area (Å²) in [5.74, 6) is 0. The molecule has 0 spiro atoms. The Hall–Kier alpha value is -2.41. The van der Waals surface area contributed by atoms with E-state index in [-0.39, 0.29) is 0 Å². The number of anilines is 1. The molecule has 0 unspecified atom stereocenters. The largest absolute Gasteiger partial charge is 0.346 e. The second-order valence-corrected chi connectivity index (χ2v) is 9.34. The smallest absolute Gasteiger partial charge is 0.173 e. The zero-order valence-electron chi connectivity index (χ0n) is 18.9. The maximum absolute atomic E-state index is 6.12. The monoisotopic (exact) mass is 467 g/mol. The van der Waals surface area contributed by atoms with Crippen LogP contribution in [0.5, 0.6) is 0 Å². The third-order valence-corrected chi connectivity index (χ3v) is 6.62. The molecule has 0 saturated carbocycles. The summed E-state index contributed by atoms with van der Waals surface area (Å²) in [4.78, 5) is 4.70. The van der Waals surface area contributed by atoms with E-state index in [0.717, 1.165) is 66.5 Å². The molecule has 0 atom stereocenters. The number of nitrogens with zero attached hydrogens (tertiary/aromatic N) is 4. The molecule has 1 aliphatic heterocycles. The fourth-order valence-corrected chi connectivity index (χ4v) is 4.58. The maximum atomic E-state index is 6.12. The number of thiocarbonyl (C=S) groups is 1. The van der Waals surface area contributed by atoms with Crippen molar-refractivity contribution in [3.63, 3.8) is 0 Å². The number of halogens is 1. The summed E-state index contributed by atoms with van der Waals surface area (Å²) < 4.78 is 2.05. The van der Waals surface area contributed by atoms with Crippen molar-refractivity contribution in [2.45, 2.75) is 33.9 Å². The Morgan fingerprint density at radius 3 is 2.38 bits per heavy atom. The Labute approximate surface area is 201 Å². The fraction of sp³-hybridized carbons (Fsp3) is 0.360. The molecule has 1 aromatic heterocycles. The predicted octanol–water partition coefficient (Wildman–Crippen LogP) is 5.02. The number of benzene rings is 2. The van der Waals surface area contributed by atoms with Crippen molar-refractivity contribution in [2.24, 2.45) is 0 Å². The Bertz CT molecular complexity index is 1080. The molecule has 3 aromatic rings. The molecule has 0 amide bonds. The lowest BCUT2D eigenvalue weighted by Gasteiger charge is -2.36. The minimum Gasteiger partial charge on any atom is -0.346 e. The van der Waals surface area contributed by atoms with E-state index in [1.54, 1.807) is 0 Å². The van der Waals surface area contributed by atoms with Crippen LogP contribution in [0.1, 0.15) is 28.1 Å². The van der Waals surface area contributed by atoms with Gasteiger partial charge in [-0.15, -0.1) is 0 Å². The van der Waals surface area contributed by atoms with E-state index in [4.69, 9.17) is 28.9 Å². The number of rotatable bonds is 5. The maximum Gasteiger partial charge on any atom is 0.173 e. The number of aryl methyl sites for hydroxylation is 2. The second kappa shape index (κ2) is 10.0. The topological polar surface area (TPSA) is 36.3 Å². The quantitative estimate of drug-likeness (QED) is 0.533. The zero-order valence-corrected chi connectivity index (χ0v) is 20.5. The van der Waals surface area contributed by atoms with Crippen molar-refractivity contribution in [1.29, 1.82) is 0 Å². The van der Waals surface area contributed by atoms with Crippen molar-refractivity contribution in [2.75, 3.05) is 31.5 Å². The van der Waals surface area contributed by atoms with Gasteiger partial charge in [0.1, 0.15) is 0 Å². The fourth-order valence-electron chi connectivity index (χ4n) is 4.09. The summed E-state index contributed by atoms with van der Waals surface area (Å²) in [6, 6.07) is 16.7. The number of aromatic nitrogens is 2. The second-order valence-electron chi connectivity index (χ2n) is 8.51. The van der Waals surface area contributed by atoms with Crippen LogP contribution < -0.4 is 5.32 Å². The third-order valence-electron chi connectivity index (χ3n) is 6.02. The summed E-state index contributed by atoms with van der Waals surface area (Å²) in [5.41, 5.74) is 6.84. The van der Waals surface area contributed by atoms with Crippen LogP contribution in [0.25, 0.3) is 0 Å². The Kier molecular flexibility index (Phi) is 7.13. The Balaban J connectivity index is 1.34. The van der Waals surface area contributed by atoms with Gasteiger partial charge in [0.05, 0.1) is 23.6 Å². The van der Waals surface area contributed by atoms with Crippen molar-refractivity contribution in [1.82, 2.24) is 19.6 Å². The van der Waals surface area contributed by atoms with E-state index >= 15 is 0 Å². The van der Waals surface area contributed by atoms with Crippen LogP contribution in [-0.2, 0) is 13.1 Å². The molecule has 0 radical (unpaired) electrons. The van der Waals surface area contributed by atoms with Crippen LogP contribution in [0.4, 0.5) is 5.69 Å². The van der Waals surface area contributed by atoms with Gasteiger partial charge in [-0.05, 0) is 56.2 Å². The average Bonchev–Trinajstić information content (AvgIpc) is 3.03. The first-order valence-electron chi connectivity index (χ1n) is 11.0. The molecule has 32 heavy (non-hydrogen) atoms. The summed E-state index contributed by atoms with van der Waals surface area (Å²) in [6.45, 7) is 11.7. The standard InChI is InChI=1S/C25H30ClN5S/c1-18-7-9-21(10-8-18)17-31-20(3)24(19(2)28-31)27-25(32)30-13-11-29(12-14-30)16-22-5-4-6-23(26)15-22/h4-10,15H,11-14,16-17H2,1-3H3,(H,27,32). The lowest BCUT2D eigenvalue weighted by atomic mass is 10.1. The number of hydrogen-bond donors (Lipinski definition) is 1. The first kappa shape index (κ1) is 22.8. The molecule has 5 nitrogen and oxygen atoms in total. The highest BCUT2D eigenvalue weighted by Gasteiger charge is 2.21. The van der Waals surface area contributed by atoms with Crippen LogP contribution in [0.3, 0.4) is 0 Å². The van der Waals surface area contributed by atoms with Gasteiger partial charge in [0.25, 0.3) is 0 Å². The highest BCUT2D eigenvalue weighted by atomic mass is 35.5. The molecular formula is C25H30ClN5S. The lowest BCUT2D eigenvalue weighted by molar-refractivity contribution is 0.177. The minimum atomic E-state index is 0.754. The summed E-state index contributed by atoms with van der Waals surface area (Å²) in [6.07, 6.45) is 0. The molecule has 168 valence electrons. The normalized spacial score (nSPS) is 14.6. The van der Waals surface area contributed by atoms with Gasteiger partial charge in [0.15, 0.2) is 5.11 Å². The van der Waals surface area contributed by atoms with Crippen LogP contribution in [0, 0.1) is 20.8 Å². The van der Waals surface area contributed by atoms with E-state index in [2.05, 4.69) is 59.3 Å². The lowest BCUT2D eigenvalue weighted by Crippen LogP contribution is -2.49. The van der Waals surface area contributed by atoms with E-state index < -0.39 is 0 Å². The van der Waals surface area contributed by atoms with E-state index in [1.165, 1.54) is 16.7 Å². The van der Waals surface area contributed by atoms with Gasteiger partial charge in [-0.25, -0.2) is 0 Å². The van der Waals surface area contributed by atoms with Crippen molar-refractivity contribution in [3.8, 4) is 0 Å². The number of hydrogen-bond acceptors (Lipinski definition) is 3. The SMILES string of the molecule is Cc1ccc(Cn2nc(C)c(NC(=S)N3CCN(Cc4cccc(Cl)c4)CC3)c2C)cc1. The van der Waals surface area contributed by atoms with E-state index in [9.17, 15) is 0 Å². The van der Waals surface area contributed by atoms with Crippen LogP contribution in [0.15, 0.2) is 48.5 Å². The van der Waals surface area contributed by atoms with Gasteiger partial charge in [-0.1, -0.05) is 53.6 Å². The highest BCUT2D eigenvalue weighted by Crippen LogP contribution is 2.22. The van der Waals surface area contributed by atoms with Gasteiger partial charge >= 0.3 is 0 Å². The zero-order chi connectivity index (χ0) is 22.7. The van der Waals surface area contributed by atoms with E-state index in [1.807, 2.05) is 29.8 Å². The van der Waals surface area contributed by atoms with Crippen molar-refractivity contribution < 1.29 is 0 Å². The van der Waals surface area contributed by atoms with Crippen LogP contribution in [0.2, 0.25) is 5.02 Å². The molecule has 2 aromatic carbocycles. The third kappa shape index (κ3) is 5.49. The molecule has 0 aliphatic carbocycles. The van der Waals surface area contributed by atoms with Crippen molar-refractivity contribution >= 4 is 34.6 Å². The molecule has 2 heterocycles. The molecule has 4 rings (SSSR count). The molecule has 7 heteroatoms. The predicted molar refractivity (Wildman–Crippen MR) is 137 cm³/mol. The molecule has 0 bridgehead atoms. The summed E-state index contributed by atoms with van der Waals surface area (Å²) >= 11 is 11.9. The number of nitrogens with one attached hydrogen (secondary N) is 1. The number of piperazine rings is 1. The molecule has 1 aliphatic rings. The van der Waals surface area contributed by atoms with Gasteiger partial charge < -0.3 is 10.2 Å². The van der Waals surface area contributed by atoms with E-state index in [0.29, 0.717) is 0 Å². The first-order chi connectivity index (χ1) is 15.4. The molecule has 1 fully saturated rings. The van der Waals surface area contributed by atoms with Crippen molar-refractivity contribution in [3.05, 3.63) is 81.6 Å². The summed E-state index contributed by atoms with van der Waals surface area (Å²) in [7, 11) is 0. The Morgan fingerprint density at radius 2 is 1.69 bits per heavy atom. The highest BCUT2D eigenvalue weighted by molar-refractivity contribution is 7.80. The first-order valence-corrected chi connectivity index (χ1v) is 11.8. The van der Waals surface area contributed by atoms with Crippen LogP contribution >= 0.6 is 23.8 Å². The van der Waals surface area contributed by atoms with Gasteiger partial charge in [-0.3, -0.25) is 9.58 Å². The molecule has 1 N–H and O–H groups in total. The average molecular weight is 468 g/mol. The van der Waals surface area contributed by atoms with Gasteiger partial charge in [0, 0.05) is 37.7 Å². The minimum absolute atomic E-state index is 0.754. The molecular weight excluding hydrogens is 438 g/mol. The molecule has 1 saturated heterocycles. The van der Waals surface area contributed by atoms with Gasteiger partial charge in [0.2, 0.25) is 0 Å².